The number of halogens is 4. The van der Waals surface area contributed by atoms with E-state index in [1.165, 1.54) is 15.9 Å². The Balaban J connectivity index is 1.58. The molecule has 3 aromatic carbocycles. The van der Waals surface area contributed by atoms with Gasteiger partial charge in [0.2, 0.25) is 0 Å². The molecule has 0 fully saturated rings. The van der Waals surface area contributed by atoms with Gasteiger partial charge in [-0.25, -0.2) is 9.79 Å². The van der Waals surface area contributed by atoms with Gasteiger partial charge in [-0.15, -0.1) is 0 Å². The number of hydrogen-bond donors (Lipinski definition) is 0. The Morgan fingerprint density at radius 1 is 1.02 bits per heavy atom. The van der Waals surface area contributed by atoms with Crippen LogP contribution >= 0.6 is 62.1 Å². The van der Waals surface area contributed by atoms with Crippen molar-refractivity contribution in [2.24, 2.45) is 4.99 Å². The fraction of sp³-hybridized carbons (Fsp3) is 0.219. The van der Waals surface area contributed by atoms with E-state index in [2.05, 4.69) is 20.9 Å². The topological polar surface area (TPSA) is 79.1 Å². The van der Waals surface area contributed by atoms with Crippen LogP contribution in [-0.2, 0) is 16.1 Å². The van der Waals surface area contributed by atoms with Gasteiger partial charge in [0.15, 0.2) is 16.3 Å². The minimum atomic E-state index is -0.731. The van der Waals surface area contributed by atoms with Gasteiger partial charge in [0, 0.05) is 20.6 Å². The number of nitrogens with zero attached hydrogens (tertiary/aromatic N) is 2. The summed E-state index contributed by atoms with van der Waals surface area (Å²) in [5, 5.41) is 1.58. The summed E-state index contributed by atoms with van der Waals surface area (Å²) in [6, 6.07) is 15.2. The molecule has 228 valence electrons. The number of hydrogen-bond acceptors (Lipinski definition) is 7. The molecule has 1 aliphatic heterocycles. The molecule has 0 spiro atoms. The number of rotatable bonds is 9. The first kappa shape index (κ1) is 32.3. The van der Waals surface area contributed by atoms with Gasteiger partial charge < -0.3 is 14.2 Å². The maximum atomic E-state index is 14.0. The number of carbonyl (C=O) groups excluding carboxylic acids is 1. The molecule has 1 aromatic heterocycles. The van der Waals surface area contributed by atoms with E-state index in [0.717, 1.165) is 5.56 Å². The molecule has 2 heterocycles. The van der Waals surface area contributed by atoms with Crippen molar-refractivity contribution >= 4 is 74.1 Å². The van der Waals surface area contributed by atoms with Gasteiger partial charge in [-0.1, -0.05) is 64.3 Å². The molecule has 0 amide bonds. The van der Waals surface area contributed by atoms with Gasteiger partial charge in [-0.2, -0.15) is 0 Å². The van der Waals surface area contributed by atoms with E-state index in [0.29, 0.717) is 69.4 Å². The molecule has 0 saturated carbocycles. The highest BCUT2D eigenvalue weighted by molar-refractivity contribution is 9.10. The van der Waals surface area contributed by atoms with Crippen molar-refractivity contribution in [3.8, 4) is 11.5 Å². The van der Waals surface area contributed by atoms with Crippen LogP contribution in [0, 0.1) is 0 Å². The van der Waals surface area contributed by atoms with Crippen molar-refractivity contribution in [1.82, 2.24) is 4.57 Å². The van der Waals surface area contributed by atoms with Crippen LogP contribution < -0.4 is 24.4 Å². The molecule has 0 saturated heterocycles. The van der Waals surface area contributed by atoms with Crippen molar-refractivity contribution < 1.29 is 19.0 Å². The van der Waals surface area contributed by atoms with E-state index >= 15 is 0 Å². The zero-order chi connectivity index (χ0) is 31.5. The van der Waals surface area contributed by atoms with Gasteiger partial charge in [-0.3, -0.25) is 9.36 Å². The first-order chi connectivity index (χ1) is 21.1. The van der Waals surface area contributed by atoms with Crippen molar-refractivity contribution in [3.63, 3.8) is 0 Å². The second-order valence-corrected chi connectivity index (χ2v) is 12.8. The van der Waals surface area contributed by atoms with Crippen LogP contribution in [0.4, 0.5) is 0 Å². The molecule has 0 unspecified atom stereocenters. The summed E-state index contributed by atoms with van der Waals surface area (Å²) < 4.78 is 20.0. The van der Waals surface area contributed by atoms with Crippen molar-refractivity contribution in [1.29, 1.82) is 0 Å². The Morgan fingerprint density at radius 2 is 1.75 bits per heavy atom. The molecule has 1 atom stereocenters. The third-order valence-corrected chi connectivity index (χ3v) is 9.13. The molecule has 4 aromatic rings. The van der Waals surface area contributed by atoms with Crippen molar-refractivity contribution in [2.45, 2.75) is 33.4 Å². The number of thiazole rings is 1. The Labute approximate surface area is 281 Å². The summed E-state index contributed by atoms with van der Waals surface area (Å²) in [5.74, 6) is 0.461. The summed E-state index contributed by atoms with van der Waals surface area (Å²) >= 11 is 23.3. The summed E-state index contributed by atoms with van der Waals surface area (Å²) in [6.45, 7) is 6.13. The molecule has 0 bridgehead atoms. The van der Waals surface area contributed by atoms with Gasteiger partial charge in [0.05, 0.1) is 39.5 Å². The maximum Gasteiger partial charge on any atom is 0.338 e. The number of aromatic nitrogens is 1. The summed E-state index contributed by atoms with van der Waals surface area (Å²) in [4.78, 5) is 32.2. The van der Waals surface area contributed by atoms with Crippen LogP contribution in [0.25, 0.3) is 6.08 Å². The van der Waals surface area contributed by atoms with Crippen molar-refractivity contribution in [2.75, 3.05) is 13.2 Å². The molecular weight excluding hydrogens is 711 g/mol. The second kappa shape index (κ2) is 13.9. The average molecular weight is 737 g/mol. The fourth-order valence-electron chi connectivity index (χ4n) is 4.77. The number of fused-ring (bicyclic) bond motifs is 1. The number of ether oxygens (including phenoxy) is 3. The monoisotopic (exact) mass is 734 g/mol. The SMILES string of the molecule is CCOC(=O)C1=C(C)N=c2s/c(=C\c3cc(Br)c(OCc4ccc(Cl)cc4Cl)c(OCC)c3)c(=O)n2[C@@H]1c1ccc(Cl)cc1. The summed E-state index contributed by atoms with van der Waals surface area (Å²) in [7, 11) is 0. The third-order valence-electron chi connectivity index (χ3n) is 6.72. The number of allylic oxidation sites excluding steroid dienone is 1. The minimum Gasteiger partial charge on any atom is -0.490 e. The maximum absolute atomic E-state index is 14.0. The van der Waals surface area contributed by atoms with Crippen LogP contribution in [0.15, 0.2) is 80.1 Å². The Bertz CT molecular complexity index is 1950. The van der Waals surface area contributed by atoms with Crippen LogP contribution in [0.3, 0.4) is 0 Å². The molecule has 0 aliphatic carbocycles. The summed E-state index contributed by atoms with van der Waals surface area (Å²) in [5.41, 5.74) is 2.67. The average Bonchev–Trinajstić information content (AvgIpc) is 3.27. The predicted molar refractivity (Wildman–Crippen MR) is 178 cm³/mol. The van der Waals surface area contributed by atoms with E-state index in [9.17, 15) is 9.59 Å². The van der Waals surface area contributed by atoms with E-state index in [4.69, 9.17) is 49.0 Å². The van der Waals surface area contributed by atoms with E-state index in [-0.39, 0.29) is 18.8 Å². The zero-order valence-corrected chi connectivity index (χ0v) is 28.5. The molecule has 7 nitrogen and oxygen atoms in total. The zero-order valence-electron chi connectivity index (χ0n) is 23.8. The normalized spacial score (nSPS) is 14.7. The number of benzene rings is 3. The van der Waals surface area contributed by atoms with Crippen LogP contribution in [0.1, 0.15) is 43.5 Å². The number of carbonyl (C=O) groups is 1. The molecule has 1 aliphatic rings. The van der Waals surface area contributed by atoms with Gasteiger partial charge in [0.25, 0.3) is 5.56 Å². The highest BCUT2D eigenvalue weighted by Crippen LogP contribution is 2.38. The van der Waals surface area contributed by atoms with Gasteiger partial charge in [-0.05, 0) is 90.3 Å². The Morgan fingerprint density at radius 3 is 2.43 bits per heavy atom. The van der Waals surface area contributed by atoms with Crippen molar-refractivity contribution in [3.05, 3.63) is 122 Å². The Hall–Kier alpha value is -3.08. The highest BCUT2D eigenvalue weighted by atomic mass is 79.9. The number of esters is 1. The lowest BCUT2D eigenvalue weighted by Gasteiger charge is -2.24. The third kappa shape index (κ3) is 6.77. The molecule has 12 heteroatoms. The largest absolute Gasteiger partial charge is 0.490 e. The smallest absolute Gasteiger partial charge is 0.338 e. The van der Waals surface area contributed by atoms with Crippen LogP contribution in [0.5, 0.6) is 11.5 Å². The highest BCUT2D eigenvalue weighted by Gasteiger charge is 2.33. The molecule has 5 rings (SSSR count). The van der Waals surface area contributed by atoms with E-state index in [1.807, 2.05) is 13.0 Å². The quantitative estimate of drug-likeness (QED) is 0.167. The van der Waals surface area contributed by atoms with Crippen LogP contribution in [0.2, 0.25) is 15.1 Å². The Kier molecular flexibility index (Phi) is 10.2. The van der Waals surface area contributed by atoms with E-state index < -0.39 is 12.0 Å². The predicted octanol–water partition coefficient (Wildman–Crippen LogP) is 7.50. The standard InChI is InChI=1S/C32H26BrCl3N2O5S/c1-4-41-25-13-18(12-23(33)29(25)43-16-20-8-11-22(35)15-24(20)36)14-26-30(39)38-28(19-6-9-21(34)10-7-19)27(31(40)42-5-2)17(3)37-32(38)44-26/h6-15,28H,4-5,16H2,1-3H3/b26-14-/t28-/m1/s1. The second-order valence-electron chi connectivity index (χ2n) is 9.64. The van der Waals surface area contributed by atoms with Crippen LogP contribution in [-0.4, -0.2) is 23.8 Å². The molecule has 44 heavy (non-hydrogen) atoms. The first-order valence-electron chi connectivity index (χ1n) is 13.6. The van der Waals surface area contributed by atoms with Gasteiger partial charge >= 0.3 is 5.97 Å². The lowest BCUT2D eigenvalue weighted by molar-refractivity contribution is -0.139. The van der Waals surface area contributed by atoms with Gasteiger partial charge in [0.1, 0.15) is 6.61 Å². The molecular formula is C32H26BrCl3N2O5S. The minimum absolute atomic E-state index is 0.191. The summed E-state index contributed by atoms with van der Waals surface area (Å²) in [6.07, 6.45) is 1.76. The lowest BCUT2D eigenvalue weighted by Crippen LogP contribution is -2.39. The lowest BCUT2D eigenvalue weighted by atomic mass is 9.96. The molecule has 0 radical (unpaired) electrons. The molecule has 0 N–H and O–H groups in total. The van der Waals surface area contributed by atoms with E-state index in [1.54, 1.807) is 68.5 Å². The first-order valence-corrected chi connectivity index (χ1v) is 16.3. The fourth-order valence-corrected chi connectivity index (χ4v) is 6.98.